The molecule has 2 rings (SSSR count). The van der Waals surface area contributed by atoms with Gasteiger partial charge in [-0.1, -0.05) is 0 Å². The van der Waals surface area contributed by atoms with Crippen molar-refractivity contribution >= 4 is 0 Å². The van der Waals surface area contributed by atoms with E-state index >= 15 is 0 Å². The molecule has 16 heavy (non-hydrogen) atoms. The molecule has 0 spiro atoms. The minimum absolute atomic E-state index is 0.203. The van der Waals surface area contributed by atoms with Gasteiger partial charge in [-0.05, 0) is 37.6 Å². The van der Waals surface area contributed by atoms with Crippen LogP contribution < -0.4 is 4.57 Å². The summed E-state index contributed by atoms with van der Waals surface area (Å²) in [5, 5.41) is 0. The Morgan fingerprint density at radius 3 is 2.62 bits per heavy atom. The molecule has 0 saturated heterocycles. The Hall–Kier alpha value is -1.77. The fraction of sp³-hybridized carbons (Fsp3) is 0.231. The number of hydrogen-bond acceptors (Lipinski definition) is 1. The summed E-state index contributed by atoms with van der Waals surface area (Å²) < 4.78 is 15.0. The Morgan fingerprint density at radius 2 is 2.00 bits per heavy atom. The number of halogens is 1. The van der Waals surface area contributed by atoms with Crippen LogP contribution in [-0.4, -0.2) is 4.98 Å². The van der Waals surface area contributed by atoms with Crippen LogP contribution in [-0.2, 0) is 7.05 Å². The Balaban J connectivity index is 2.68. The molecule has 3 heteroatoms. The molecule has 0 aliphatic heterocycles. The van der Waals surface area contributed by atoms with E-state index in [1.165, 1.54) is 6.07 Å². The van der Waals surface area contributed by atoms with Crippen molar-refractivity contribution in [3.63, 3.8) is 0 Å². The summed E-state index contributed by atoms with van der Waals surface area (Å²) in [4.78, 5) is 4.27. The number of benzene rings is 1. The molecule has 2 nitrogen and oxygen atoms in total. The monoisotopic (exact) mass is 217 g/mol. The van der Waals surface area contributed by atoms with Crippen molar-refractivity contribution < 1.29 is 8.96 Å². The third kappa shape index (κ3) is 1.81. The highest BCUT2D eigenvalue weighted by molar-refractivity contribution is 5.62. The lowest BCUT2D eigenvalue weighted by molar-refractivity contribution is -0.661. The molecule has 0 saturated carbocycles. The Bertz CT molecular complexity index is 515. The smallest absolute Gasteiger partial charge is 0.233 e. The standard InChI is InChI=1S/C13H14FN2/c1-9-8-11(14)4-5-12(9)13-10(2)15-6-7-16(13)3/h4-8H,1-3H3/q+1. The molecule has 0 bridgehead atoms. The van der Waals surface area contributed by atoms with Crippen LogP contribution in [0.2, 0.25) is 0 Å². The average molecular weight is 217 g/mol. The van der Waals surface area contributed by atoms with E-state index in [0.717, 1.165) is 22.5 Å². The first kappa shape index (κ1) is 10.7. The second-order valence-corrected chi connectivity index (χ2v) is 3.93. The third-order valence-electron chi connectivity index (χ3n) is 2.70. The predicted molar refractivity (Wildman–Crippen MR) is 60.3 cm³/mol. The largest absolute Gasteiger partial charge is 0.248 e. The van der Waals surface area contributed by atoms with E-state index in [-0.39, 0.29) is 5.82 Å². The summed E-state index contributed by atoms with van der Waals surface area (Å²) in [7, 11) is 1.97. The Labute approximate surface area is 94.4 Å². The summed E-state index contributed by atoms with van der Waals surface area (Å²) >= 11 is 0. The van der Waals surface area contributed by atoms with Crippen LogP contribution in [0.15, 0.2) is 30.6 Å². The van der Waals surface area contributed by atoms with Crippen LogP contribution in [0.5, 0.6) is 0 Å². The minimum Gasteiger partial charge on any atom is -0.248 e. The summed E-state index contributed by atoms with van der Waals surface area (Å²) in [5.74, 6) is -0.203. The molecule has 0 unspecified atom stereocenters. The number of hydrogen-bond donors (Lipinski definition) is 0. The minimum atomic E-state index is -0.203. The second-order valence-electron chi connectivity index (χ2n) is 3.93. The SMILES string of the molecule is Cc1cc(F)ccc1-c1c(C)ncc[n+]1C. The lowest BCUT2D eigenvalue weighted by atomic mass is 10.0. The zero-order chi connectivity index (χ0) is 11.7. The van der Waals surface area contributed by atoms with Crippen LogP contribution in [0, 0.1) is 19.7 Å². The van der Waals surface area contributed by atoms with E-state index in [2.05, 4.69) is 4.98 Å². The molecule has 0 N–H and O–H groups in total. The van der Waals surface area contributed by atoms with Crippen molar-refractivity contribution in [3.8, 4) is 11.3 Å². The third-order valence-corrected chi connectivity index (χ3v) is 2.70. The fourth-order valence-corrected chi connectivity index (χ4v) is 1.91. The zero-order valence-corrected chi connectivity index (χ0v) is 9.66. The normalized spacial score (nSPS) is 10.5. The van der Waals surface area contributed by atoms with E-state index < -0.39 is 0 Å². The molecule has 0 atom stereocenters. The molecule has 82 valence electrons. The maximum atomic E-state index is 13.0. The first-order chi connectivity index (χ1) is 7.59. The van der Waals surface area contributed by atoms with Gasteiger partial charge in [-0.15, -0.1) is 0 Å². The quantitative estimate of drug-likeness (QED) is 0.670. The molecule has 0 fully saturated rings. The van der Waals surface area contributed by atoms with Crippen LogP contribution in [0.1, 0.15) is 11.3 Å². The lowest BCUT2D eigenvalue weighted by Crippen LogP contribution is -2.32. The van der Waals surface area contributed by atoms with Crippen LogP contribution in [0.4, 0.5) is 4.39 Å². The Morgan fingerprint density at radius 1 is 1.25 bits per heavy atom. The number of rotatable bonds is 1. The van der Waals surface area contributed by atoms with Crippen molar-refractivity contribution in [2.75, 3.05) is 0 Å². The van der Waals surface area contributed by atoms with Crippen molar-refractivity contribution in [2.24, 2.45) is 7.05 Å². The van der Waals surface area contributed by atoms with Gasteiger partial charge in [-0.3, -0.25) is 0 Å². The van der Waals surface area contributed by atoms with E-state index in [0.29, 0.717) is 0 Å². The van der Waals surface area contributed by atoms with E-state index in [1.807, 2.05) is 31.7 Å². The molecule has 1 aromatic carbocycles. The number of nitrogens with zero attached hydrogens (tertiary/aromatic N) is 2. The van der Waals surface area contributed by atoms with Gasteiger partial charge in [-0.2, -0.15) is 4.57 Å². The molecule has 1 heterocycles. The van der Waals surface area contributed by atoms with Gasteiger partial charge in [0.15, 0.2) is 6.20 Å². The lowest BCUT2D eigenvalue weighted by Gasteiger charge is -2.06. The van der Waals surface area contributed by atoms with E-state index in [9.17, 15) is 4.39 Å². The first-order valence-corrected chi connectivity index (χ1v) is 5.17. The van der Waals surface area contributed by atoms with Crippen LogP contribution in [0.3, 0.4) is 0 Å². The summed E-state index contributed by atoms with van der Waals surface area (Å²) in [6.45, 7) is 3.86. The summed E-state index contributed by atoms with van der Waals surface area (Å²) in [6.07, 6.45) is 3.66. The summed E-state index contributed by atoms with van der Waals surface area (Å²) in [5.41, 5.74) is 3.92. The maximum absolute atomic E-state index is 13.0. The van der Waals surface area contributed by atoms with Gasteiger partial charge >= 0.3 is 0 Å². The molecule has 0 amide bonds. The molecule has 2 aromatic rings. The fourth-order valence-electron chi connectivity index (χ4n) is 1.91. The van der Waals surface area contributed by atoms with Crippen LogP contribution in [0.25, 0.3) is 11.3 Å². The molecule has 0 aliphatic rings. The molecular formula is C13H14FN2+. The molecule has 0 radical (unpaired) electrons. The van der Waals surface area contributed by atoms with Crippen molar-refractivity contribution in [2.45, 2.75) is 13.8 Å². The van der Waals surface area contributed by atoms with Crippen molar-refractivity contribution in [1.29, 1.82) is 0 Å². The predicted octanol–water partition coefficient (Wildman–Crippen LogP) is 2.33. The molecular weight excluding hydrogens is 203 g/mol. The Kier molecular flexibility index (Phi) is 2.69. The van der Waals surface area contributed by atoms with E-state index in [1.54, 1.807) is 18.3 Å². The van der Waals surface area contributed by atoms with Gasteiger partial charge in [0.05, 0.1) is 11.8 Å². The van der Waals surface area contributed by atoms with Crippen LogP contribution >= 0.6 is 0 Å². The van der Waals surface area contributed by atoms with Gasteiger partial charge in [-0.25, -0.2) is 9.37 Å². The molecule has 1 aromatic heterocycles. The van der Waals surface area contributed by atoms with Crippen molar-refractivity contribution in [1.82, 2.24) is 4.98 Å². The van der Waals surface area contributed by atoms with E-state index in [4.69, 9.17) is 0 Å². The van der Waals surface area contributed by atoms with Gasteiger partial charge < -0.3 is 0 Å². The first-order valence-electron chi connectivity index (χ1n) is 5.17. The van der Waals surface area contributed by atoms with Gasteiger partial charge in [0, 0.05) is 0 Å². The highest BCUT2D eigenvalue weighted by atomic mass is 19.1. The van der Waals surface area contributed by atoms with Gasteiger partial charge in [0.25, 0.3) is 0 Å². The molecule has 0 aliphatic carbocycles. The second kappa shape index (κ2) is 4.00. The highest BCUT2D eigenvalue weighted by Gasteiger charge is 2.16. The zero-order valence-electron chi connectivity index (χ0n) is 9.66. The number of aromatic nitrogens is 2. The average Bonchev–Trinajstić information content (AvgIpc) is 2.20. The topological polar surface area (TPSA) is 16.8 Å². The van der Waals surface area contributed by atoms with Gasteiger partial charge in [0.1, 0.15) is 18.6 Å². The van der Waals surface area contributed by atoms with Gasteiger partial charge in [0.2, 0.25) is 5.69 Å². The number of aryl methyl sites for hydroxylation is 3. The maximum Gasteiger partial charge on any atom is 0.233 e. The summed E-state index contributed by atoms with van der Waals surface area (Å²) in [6, 6.07) is 4.82. The van der Waals surface area contributed by atoms with Crippen molar-refractivity contribution in [3.05, 3.63) is 47.7 Å². The highest BCUT2D eigenvalue weighted by Crippen LogP contribution is 2.22.